The van der Waals surface area contributed by atoms with E-state index in [2.05, 4.69) is 9.97 Å². The van der Waals surface area contributed by atoms with Crippen LogP contribution in [0.1, 0.15) is 15.9 Å². The van der Waals surface area contributed by atoms with Crippen molar-refractivity contribution >= 4 is 22.8 Å². The molecule has 0 bridgehead atoms. The molecule has 21 heavy (non-hydrogen) atoms. The summed E-state index contributed by atoms with van der Waals surface area (Å²) in [5.41, 5.74) is 12.8. The SMILES string of the molecule is NC(=O)c1cn(Cc2ccc(F)cc2)c2ncnc(N)c12. The number of primary amides is 1. The van der Waals surface area contributed by atoms with Gasteiger partial charge < -0.3 is 16.0 Å². The van der Waals surface area contributed by atoms with Crippen LogP contribution in [0.25, 0.3) is 11.0 Å². The van der Waals surface area contributed by atoms with Gasteiger partial charge in [0.15, 0.2) is 0 Å². The number of carbonyl (C=O) groups is 1. The number of rotatable bonds is 3. The molecule has 0 aliphatic rings. The molecule has 1 amide bonds. The maximum absolute atomic E-state index is 12.9. The zero-order valence-electron chi connectivity index (χ0n) is 11.0. The quantitative estimate of drug-likeness (QED) is 0.757. The van der Waals surface area contributed by atoms with E-state index in [9.17, 15) is 9.18 Å². The van der Waals surface area contributed by atoms with Crippen LogP contribution in [-0.4, -0.2) is 20.4 Å². The Morgan fingerprint density at radius 1 is 1.24 bits per heavy atom. The molecule has 3 aromatic rings. The van der Waals surface area contributed by atoms with Crippen LogP contribution in [-0.2, 0) is 6.54 Å². The monoisotopic (exact) mass is 285 g/mol. The van der Waals surface area contributed by atoms with Crippen LogP contribution in [0.15, 0.2) is 36.8 Å². The molecule has 0 aliphatic carbocycles. The minimum Gasteiger partial charge on any atom is -0.383 e. The van der Waals surface area contributed by atoms with Crippen molar-refractivity contribution in [3.05, 3.63) is 53.7 Å². The fraction of sp³-hybridized carbons (Fsp3) is 0.0714. The highest BCUT2D eigenvalue weighted by Gasteiger charge is 2.17. The van der Waals surface area contributed by atoms with E-state index in [1.165, 1.54) is 18.5 Å². The fourth-order valence-electron chi connectivity index (χ4n) is 2.24. The molecule has 0 unspecified atom stereocenters. The van der Waals surface area contributed by atoms with Crippen molar-refractivity contribution in [1.82, 2.24) is 14.5 Å². The van der Waals surface area contributed by atoms with Crippen LogP contribution in [0.5, 0.6) is 0 Å². The van der Waals surface area contributed by atoms with Crippen molar-refractivity contribution in [2.75, 3.05) is 5.73 Å². The number of amides is 1. The normalized spacial score (nSPS) is 10.9. The van der Waals surface area contributed by atoms with Gasteiger partial charge in [0.2, 0.25) is 0 Å². The van der Waals surface area contributed by atoms with Crippen LogP contribution in [0.4, 0.5) is 10.2 Å². The van der Waals surface area contributed by atoms with E-state index < -0.39 is 5.91 Å². The Hall–Kier alpha value is -2.96. The Morgan fingerprint density at radius 3 is 2.62 bits per heavy atom. The second-order valence-corrected chi connectivity index (χ2v) is 4.62. The molecule has 0 atom stereocenters. The number of nitrogens with two attached hydrogens (primary N) is 2. The third kappa shape index (κ3) is 2.29. The van der Waals surface area contributed by atoms with Crippen LogP contribution in [0.3, 0.4) is 0 Å². The Labute approximate surface area is 119 Å². The molecule has 3 rings (SSSR count). The largest absolute Gasteiger partial charge is 0.383 e. The van der Waals surface area contributed by atoms with Crippen molar-refractivity contribution in [3.63, 3.8) is 0 Å². The summed E-state index contributed by atoms with van der Waals surface area (Å²) in [6.45, 7) is 0.417. The molecular formula is C14H12FN5O. The molecule has 6 nitrogen and oxygen atoms in total. The van der Waals surface area contributed by atoms with Crippen molar-refractivity contribution in [2.24, 2.45) is 5.73 Å². The minimum absolute atomic E-state index is 0.201. The Morgan fingerprint density at radius 2 is 1.95 bits per heavy atom. The van der Waals surface area contributed by atoms with Gasteiger partial charge in [0.1, 0.15) is 23.6 Å². The lowest BCUT2D eigenvalue weighted by Gasteiger charge is -2.05. The third-order valence-electron chi connectivity index (χ3n) is 3.21. The molecule has 1 aromatic carbocycles. The van der Waals surface area contributed by atoms with E-state index in [0.29, 0.717) is 17.6 Å². The molecule has 4 N–H and O–H groups in total. The molecule has 0 radical (unpaired) electrons. The first-order valence-corrected chi connectivity index (χ1v) is 6.20. The third-order valence-corrected chi connectivity index (χ3v) is 3.21. The first-order valence-electron chi connectivity index (χ1n) is 6.20. The molecule has 2 heterocycles. The fourth-order valence-corrected chi connectivity index (χ4v) is 2.24. The number of fused-ring (bicyclic) bond motifs is 1. The molecule has 0 saturated heterocycles. The highest BCUT2D eigenvalue weighted by Crippen LogP contribution is 2.24. The number of aromatic nitrogens is 3. The Kier molecular flexibility index (Phi) is 3.02. The number of anilines is 1. The zero-order valence-corrected chi connectivity index (χ0v) is 11.0. The summed E-state index contributed by atoms with van der Waals surface area (Å²) < 4.78 is 14.7. The van der Waals surface area contributed by atoms with Gasteiger partial charge in [-0.2, -0.15) is 0 Å². The molecule has 2 aromatic heterocycles. The second-order valence-electron chi connectivity index (χ2n) is 4.62. The van der Waals surface area contributed by atoms with E-state index in [-0.39, 0.29) is 17.2 Å². The Bertz CT molecular complexity index is 825. The first kappa shape index (κ1) is 13.0. The van der Waals surface area contributed by atoms with Gasteiger partial charge >= 0.3 is 0 Å². The lowest BCUT2D eigenvalue weighted by molar-refractivity contribution is 0.100. The number of hydrogen-bond acceptors (Lipinski definition) is 4. The average molecular weight is 285 g/mol. The highest BCUT2D eigenvalue weighted by molar-refractivity contribution is 6.08. The molecule has 0 fully saturated rings. The highest BCUT2D eigenvalue weighted by atomic mass is 19.1. The summed E-state index contributed by atoms with van der Waals surface area (Å²) in [7, 11) is 0. The van der Waals surface area contributed by atoms with Crippen LogP contribution in [0, 0.1) is 5.82 Å². The van der Waals surface area contributed by atoms with E-state index >= 15 is 0 Å². The molecule has 0 spiro atoms. The standard InChI is InChI=1S/C14H12FN5O/c15-9-3-1-8(2-4-9)5-20-6-10(13(17)21)11-12(16)18-7-19-14(11)20/h1-4,6-7H,5H2,(H2,17,21)(H2,16,18,19). The first-order chi connectivity index (χ1) is 10.1. The van der Waals surface area contributed by atoms with Gasteiger partial charge in [-0.05, 0) is 17.7 Å². The van der Waals surface area contributed by atoms with E-state index in [4.69, 9.17) is 11.5 Å². The number of nitrogens with zero attached hydrogens (tertiary/aromatic N) is 3. The van der Waals surface area contributed by atoms with Crippen LogP contribution in [0.2, 0.25) is 0 Å². The van der Waals surface area contributed by atoms with Gasteiger partial charge in [0.25, 0.3) is 5.91 Å². The topological polar surface area (TPSA) is 99.8 Å². The maximum Gasteiger partial charge on any atom is 0.251 e. The van der Waals surface area contributed by atoms with E-state index in [1.54, 1.807) is 22.9 Å². The summed E-state index contributed by atoms with van der Waals surface area (Å²) in [5.74, 6) is -0.702. The molecule has 7 heteroatoms. The summed E-state index contributed by atoms with van der Waals surface area (Å²) in [6.07, 6.45) is 2.91. The van der Waals surface area contributed by atoms with Crippen molar-refractivity contribution in [1.29, 1.82) is 0 Å². The molecule has 0 saturated carbocycles. The summed E-state index contributed by atoms with van der Waals surface area (Å²) in [5, 5.41) is 0.437. The molecule has 106 valence electrons. The van der Waals surface area contributed by atoms with E-state index in [1.807, 2.05) is 0 Å². The number of halogens is 1. The van der Waals surface area contributed by atoms with Crippen molar-refractivity contribution < 1.29 is 9.18 Å². The predicted octanol–water partition coefficient (Wildman–Crippen LogP) is 1.30. The molecular weight excluding hydrogens is 273 g/mol. The zero-order chi connectivity index (χ0) is 15.0. The number of benzene rings is 1. The summed E-state index contributed by atoms with van der Waals surface area (Å²) >= 11 is 0. The number of hydrogen-bond donors (Lipinski definition) is 2. The van der Waals surface area contributed by atoms with Gasteiger partial charge in [-0.15, -0.1) is 0 Å². The van der Waals surface area contributed by atoms with Gasteiger partial charge in [0.05, 0.1) is 10.9 Å². The lowest BCUT2D eigenvalue weighted by atomic mass is 10.2. The van der Waals surface area contributed by atoms with Gasteiger partial charge in [-0.1, -0.05) is 12.1 Å². The van der Waals surface area contributed by atoms with Crippen molar-refractivity contribution in [2.45, 2.75) is 6.54 Å². The summed E-state index contributed by atoms with van der Waals surface area (Å²) in [6, 6.07) is 6.07. The second kappa shape index (κ2) is 4.86. The van der Waals surface area contributed by atoms with Crippen LogP contribution >= 0.6 is 0 Å². The summed E-state index contributed by atoms with van der Waals surface area (Å²) in [4.78, 5) is 19.6. The molecule has 0 aliphatic heterocycles. The van der Waals surface area contributed by atoms with Gasteiger partial charge in [-0.25, -0.2) is 14.4 Å². The van der Waals surface area contributed by atoms with E-state index in [0.717, 1.165) is 5.56 Å². The minimum atomic E-state index is -0.598. The smallest absolute Gasteiger partial charge is 0.251 e. The average Bonchev–Trinajstić information content (AvgIpc) is 2.82. The van der Waals surface area contributed by atoms with Gasteiger partial charge in [0, 0.05) is 12.7 Å². The van der Waals surface area contributed by atoms with Gasteiger partial charge in [-0.3, -0.25) is 4.79 Å². The number of carbonyl (C=O) groups excluding carboxylic acids is 1. The van der Waals surface area contributed by atoms with Crippen molar-refractivity contribution in [3.8, 4) is 0 Å². The lowest BCUT2D eigenvalue weighted by Crippen LogP contribution is -2.11. The maximum atomic E-state index is 12.9. The Balaban J connectivity index is 2.12. The predicted molar refractivity (Wildman–Crippen MR) is 76.0 cm³/mol. The van der Waals surface area contributed by atoms with Crippen LogP contribution < -0.4 is 11.5 Å². The number of nitrogen functional groups attached to an aromatic ring is 1.